The Labute approximate surface area is 253 Å². The Morgan fingerprint density at radius 1 is 0.837 bits per heavy atom. The monoisotopic (exact) mass is 627 g/mol. The van der Waals surface area contributed by atoms with Crippen molar-refractivity contribution in [2.75, 3.05) is 16.4 Å². The second-order valence-corrected chi connectivity index (χ2v) is 10.4. The first-order valence-corrected chi connectivity index (χ1v) is 13.9. The van der Waals surface area contributed by atoms with E-state index >= 15 is 0 Å². The number of halogens is 5. The summed E-state index contributed by atoms with van der Waals surface area (Å²) in [5.74, 6) is -2.84. The number of nitrogens with one attached hydrogen (secondary N) is 3. The predicted octanol–water partition coefficient (Wildman–Crippen LogP) is 7.64. The van der Waals surface area contributed by atoms with Crippen molar-refractivity contribution in [3.63, 3.8) is 0 Å². The van der Waals surface area contributed by atoms with Crippen LogP contribution < -0.4 is 16.0 Å². The Morgan fingerprint density at radius 3 is 2.28 bits per heavy atom. The van der Waals surface area contributed by atoms with Gasteiger partial charge in [-0.2, -0.15) is 13.2 Å². The molecular weight excluding hydrogens is 606 g/mol. The lowest BCUT2D eigenvalue weighted by atomic mass is 10.1. The summed E-state index contributed by atoms with van der Waals surface area (Å²) < 4.78 is 54.4. The average Bonchev–Trinajstić information content (AvgIpc) is 2.98. The van der Waals surface area contributed by atoms with Gasteiger partial charge in [-0.05, 0) is 60.7 Å². The molecular formula is C31H22ClF4N3O3S. The van der Waals surface area contributed by atoms with Crippen molar-refractivity contribution < 1.29 is 31.9 Å². The van der Waals surface area contributed by atoms with E-state index < -0.39 is 41.0 Å². The molecule has 0 aromatic heterocycles. The van der Waals surface area contributed by atoms with E-state index in [1.54, 1.807) is 60.7 Å². The minimum Gasteiger partial charge on any atom is -0.325 e. The Kier molecular flexibility index (Phi) is 10.2. The Morgan fingerprint density at radius 2 is 1.56 bits per heavy atom. The van der Waals surface area contributed by atoms with Crippen LogP contribution in [0, 0.1) is 5.82 Å². The molecule has 0 spiro atoms. The van der Waals surface area contributed by atoms with Gasteiger partial charge in [0, 0.05) is 26.7 Å². The van der Waals surface area contributed by atoms with Gasteiger partial charge in [0.25, 0.3) is 11.8 Å². The van der Waals surface area contributed by atoms with Crippen LogP contribution in [0.5, 0.6) is 0 Å². The number of benzene rings is 4. The van der Waals surface area contributed by atoms with Crippen LogP contribution in [0.15, 0.2) is 108 Å². The van der Waals surface area contributed by atoms with Gasteiger partial charge >= 0.3 is 6.18 Å². The van der Waals surface area contributed by atoms with Crippen molar-refractivity contribution in [2.45, 2.75) is 11.1 Å². The van der Waals surface area contributed by atoms with Crippen LogP contribution in [0.4, 0.5) is 28.9 Å². The summed E-state index contributed by atoms with van der Waals surface area (Å²) in [6.07, 6.45) is -3.51. The van der Waals surface area contributed by atoms with Crippen molar-refractivity contribution >= 4 is 58.5 Å². The fourth-order valence-corrected chi connectivity index (χ4v) is 4.67. The van der Waals surface area contributed by atoms with E-state index in [0.717, 1.165) is 23.9 Å². The number of alkyl halides is 3. The highest BCUT2D eigenvalue weighted by atomic mass is 35.5. The molecule has 0 saturated heterocycles. The summed E-state index contributed by atoms with van der Waals surface area (Å²) in [5, 5.41) is 7.29. The number of anilines is 2. The molecule has 0 bridgehead atoms. The molecule has 220 valence electrons. The van der Waals surface area contributed by atoms with E-state index in [1.165, 1.54) is 30.3 Å². The molecule has 0 aliphatic rings. The summed E-state index contributed by atoms with van der Waals surface area (Å²) >= 11 is 6.71. The van der Waals surface area contributed by atoms with Gasteiger partial charge in [-0.25, -0.2) is 4.39 Å². The van der Waals surface area contributed by atoms with Crippen LogP contribution in [0.3, 0.4) is 0 Å². The fourth-order valence-electron chi connectivity index (χ4n) is 3.75. The van der Waals surface area contributed by atoms with Gasteiger partial charge in [0.1, 0.15) is 11.5 Å². The van der Waals surface area contributed by atoms with E-state index in [-0.39, 0.29) is 27.6 Å². The normalized spacial score (nSPS) is 11.5. The van der Waals surface area contributed by atoms with E-state index in [9.17, 15) is 31.9 Å². The first kappa shape index (κ1) is 31.3. The van der Waals surface area contributed by atoms with Gasteiger partial charge in [-0.3, -0.25) is 14.4 Å². The Hall–Kier alpha value is -4.61. The zero-order chi connectivity index (χ0) is 31.0. The second-order valence-electron chi connectivity index (χ2n) is 8.91. The largest absolute Gasteiger partial charge is 0.418 e. The van der Waals surface area contributed by atoms with Crippen molar-refractivity contribution in [3.8, 4) is 0 Å². The third-order valence-electron chi connectivity index (χ3n) is 5.76. The maximum Gasteiger partial charge on any atom is 0.418 e. The van der Waals surface area contributed by atoms with Crippen molar-refractivity contribution in [2.24, 2.45) is 0 Å². The highest BCUT2D eigenvalue weighted by Gasteiger charge is 2.34. The third kappa shape index (κ3) is 8.94. The number of thioether (sulfide) groups is 1. The van der Waals surface area contributed by atoms with E-state index in [0.29, 0.717) is 10.6 Å². The maximum absolute atomic E-state index is 14.4. The third-order valence-corrected chi connectivity index (χ3v) is 6.99. The fraction of sp³-hybridized carbons (Fsp3) is 0.0645. The van der Waals surface area contributed by atoms with Crippen LogP contribution in [-0.2, 0) is 15.8 Å². The number of hydrogen-bond acceptors (Lipinski definition) is 4. The van der Waals surface area contributed by atoms with Crippen LogP contribution in [0.25, 0.3) is 6.08 Å². The molecule has 12 heteroatoms. The lowest BCUT2D eigenvalue weighted by molar-refractivity contribution is -0.137. The van der Waals surface area contributed by atoms with E-state index in [1.807, 2.05) is 0 Å². The van der Waals surface area contributed by atoms with Crippen molar-refractivity contribution in [1.29, 1.82) is 0 Å². The molecule has 4 aromatic carbocycles. The zero-order valence-electron chi connectivity index (χ0n) is 22.0. The number of carbonyl (C=O) groups excluding carboxylic acids is 3. The molecule has 0 radical (unpaired) electrons. The quantitative estimate of drug-likeness (QED) is 0.101. The topological polar surface area (TPSA) is 87.3 Å². The molecule has 4 aromatic rings. The lowest BCUT2D eigenvalue weighted by Crippen LogP contribution is -2.30. The zero-order valence-corrected chi connectivity index (χ0v) is 23.6. The maximum atomic E-state index is 14.4. The lowest BCUT2D eigenvalue weighted by Gasteiger charge is -2.14. The standard InChI is InChI=1S/C31H22ClF4N3O3S/c32-21-13-14-26(24(16-21)31(34,35)36)38-28(40)18-43-23-11-6-10-22(17-23)37-30(42)27(15-20-9-4-5-12-25(20)33)39-29(41)19-7-2-1-3-8-19/h1-17H,18H2,(H,37,42)(H,38,40)(H,39,41)/b27-15-. The summed E-state index contributed by atoms with van der Waals surface area (Å²) in [5.41, 5.74) is -1.06. The van der Waals surface area contributed by atoms with Crippen molar-refractivity contribution in [3.05, 3.63) is 130 Å². The summed E-state index contributed by atoms with van der Waals surface area (Å²) in [7, 11) is 0. The molecule has 3 amide bonds. The van der Waals surface area contributed by atoms with Gasteiger partial charge in [0.2, 0.25) is 5.91 Å². The highest BCUT2D eigenvalue weighted by Crippen LogP contribution is 2.36. The molecule has 0 atom stereocenters. The summed E-state index contributed by atoms with van der Waals surface area (Å²) in [6.45, 7) is 0. The summed E-state index contributed by atoms with van der Waals surface area (Å²) in [6, 6.07) is 23.3. The minimum absolute atomic E-state index is 0.0747. The SMILES string of the molecule is O=C(CSc1cccc(NC(=O)/C(=C/c2ccccc2F)NC(=O)c2ccccc2)c1)Nc1ccc(Cl)cc1C(F)(F)F. The van der Waals surface area contributed by atoms with Crippen LogP contribution >= 0.6 is 23.4 Å². The molecule has 0 aliphatic heterocycles. The number of hydrogen-bond donors (Lipinski definition) is 3. The highest BCUT2D eigenvalue weighted by molar-refractivity contribution is 8.00. The molecule has 43 heavy (non-hydrogen) atoms. The van der Waals surface area contributed by atoms with Crippen molar-refractivity contribution in [1.82, 2.24) is 5.32 Å². The molecule has 3 N–H and O–H groups in total. The average molecular weight is 628 g/mol. The van der Waals surface area contributed by atoms with Gasteiger partial charge in [-0.15, -0.1) is 11.8 Å². The molecule has 0 saturated carbocycles. The van der Waals surface area contributed by atoms with Gasteiger partial charge in [0.05, 0.1) is 17.0 Å². The molecule has 4 rings (SSSR count). The Bertz CT molecular complexity index is 1680. The Balaban J connectivity index is 1.46. The van der Waals surface area contributed by atoms with E-state index in [4.69, 9.17) is 11.6 Å². The molecule has 0 unspecified atom stereocenters. The molecule has 0 fully saturated rings. The van der Waals surface area contributed by atoms with Gasteiger partial charge in [-0.1, -0.05) is 54.1 Å². The molecule has 0 heterocycles. The van der Waals surface area contributed by atoms with Crippen LogP contribution in [0.1, 0.15) is 21.5 Å². The first-order chi connectivity index (χ1) is 20.5. The second kappa shape index (κ2) is 14.0. The summed E-state index contributed by atoms with van der Waals surface area (Å²) in [4.78, 5) is 39.0. The minimum atomic E-state index is -4.71. The number of carbonyl (C=O) groups is 3. The van der Waals surface area contributed by atoms with Crippen LogP contribution in [-0.4, -0.2) is 23.5 Å². The van der Waals surface area contributed by atoms with Crippen LogP contribution in [0.2, 0.25) is 5.02 Å². The molecule has 6 nitrogen and oxygen atoms in total. The van der Waals surface area contributed by atoms with Gasteiger partial charge < -0.3 is 16.0 Å². The van der Waals surface area contributed by atoms with E-state index in [2.05, 4.69) is 16.0 Å². The predicted molar refractivity (Wildman–Crippen MR) is 159 cm³/mol. The first-order valence-electron chi connectivity index (χ1n) is 12.5. The number of rotatable bonds is 9. The number of amides is 3. The smallest absolute Gasteiger partial charge is 0.325 e. The van der Waals surface area contributed by atoms with Gasteiger partial charge in [0.15, 0.2) is 0 Å². The molecule has 0 aliphatic carbocycles.